The Labute approximate surface area is 73.3 Å². The maximum absolute atomic E-state index is 4.33. The molecule has 0 amide bonds. The van der Waals surface area contributed by atoms with Crippen LogP contribution >= 0.6 is 12.6 Å². The standard InChI is InChI=1S/C9H13NS/c1-3-7-5-6-9(11)10-8(7)4-2/h5-6H,3-4H2,1-2H3,(H,10,11). The molecule has 0 saturated heterocycles. The normalized spacial score (nSPS) is 10.1. The van der Waals surface area contributed by atoms with Crippen LogP contribution in [0, 0.1) is 0 Å². The highest BCUT2D eigenvalue weighted by Gasteiger charge is 1.99. The molecular weight excluding hydrogens is 154 g/mol. The van der Waals surface area contributed by atoms with Crippen molar-refractivity contribution in [2.45, 2.75) is 31.7 Å². The molecule has 1 nitrogen and oxygen atoms in total. The maximum atomic E-state index is 4.33. The minimum Gasteiger partial charge on any atom is -0.247 e. The molecule has 1 rings (SSSR count). The third kappa shape index (κ3) is 1.96. The van der Waals surface area contributed by atoms with Crippen molar-refractivity contribution in [3.63, 3.8) is 0 Å². The summed E-state index contributed by atoms with van der Waals surface area (Å²) in [4.78, 5) is 4.33. The number of aromatic nitrogens is 1. The number of rotatable bonds is 2. The maximum Gasteiger partial charge on any atom is 0.0932 e. The summed E-state index contributed by atoms with van der Waals surface area (Å²) in [6, 6.07) is 4.05. The fourth-order valence-electron chi connectivity index (χ4n) is 1.15. The van der Waals surface area contributed by atoms with Gasteiger partial charge < -0.3 is 0 Å². The molecule has 1 heterocycles. The van der Waals surface area contributed by atoms with Gasteiger partial charge in [0, 0.05) is 5.69 Å². The molecule has 0 N–H and O–H groups in total. The largest absolute Gasteiger partial charge is 0.247 e. The lowest BCUT2D eigenvalue weighted by atomic mass is 10.1. The van der Waals surface area contributed by atoms with Crippen LogP contribution in [0.2, 0.25) is 0 Å². The van der Waals surface area contributed by atoms with Gasteiger partial charge in [-0.1, -0.05) is 19.9 Å². The van der Waals surface area contributed by atoms with Crippen LogP contribution in [0.25, 0.3) is 0 Å². The molecule has 0 radical (unpaired) electrons. The number of aryl methyl sites for hydroxylation is 2. The van der Waals surface area contributed by atoms with Crippen molar-refractivity contribution in [1.82, 2.24) is 4.98 Å². The fraction of sp³-hybridized carbons (Fsp3) is 0.444. The van der Waals surface area contributed by atoms with E-state index in [0.29, 0.717) is 0 Å². The van der Waals surface area contributed by atoms with Crippen LogP contribution in [0.15, 0.2) is 17.2 Å². The van der Waals surface area contributed by atoms with Gasteiger partial charge in [0.2, 0.25) is 0 Å². The van der Waals surface area contributed by atoms with E-state index in [1.54, 1.807) is 0 Å². The Balaban J connectivity index is 3.06. The first kappa shape index (κ1) is 8.60. The molecule has 0 bridgehead atoms. The third-order valence-corrected chi connectivity index (χ3v) is 2.02. The molecule has 0 aliphatic heterocycles. The molecule has 0 fully saturated rings. The Morgan fingerprint density at radius 2 is 2.00 bits per heavy atom. The molecule has 11 heavy (non-hydrogen) atoms. The predicted octanol–water partition coefficient (Wildman–Crippen LogP) is 2.50. The topological polar surface area (TPSA) is 12.9 Å². The van der Waals surface area contributed by atoms with Gasteiger partial charge in [-0.15, -0.1) is 12.6 Å². The summed E-state index contributed by atoms with van der Waals surface area (Å²) in [6.45, 7) is 4.27. The minimum atomic E-state index is 0.819. The molecule has 0 spiro atoms. The van der Waals surface area contributed by atoms with Crippen LogP contribution in [0.5, 0.6) is 0 Å². The molecule has 1 aromatic heterocycles. The van der Waals surface area contributed by atoms with Gasteiger partial charge in [0.25, 0.3) is 0 Å². The lowest BCUT2D eigenvalue weighted by Crippen LogP contribution is -1.94. The Bertz CT molecular complexity index is 245. The van der Waals surface area contributed by atoms with E-state index in [1.807, 2.05) is 6.07 Å². The Kier molecular flexibility index (Phi) is 2.94. The Morgan fingerprint density at radius 1 is 1.27 bits per heavy atom. The highest BCUT2D eigenvalue weighted by Crippen LogP contribution is 2.11. The Hall–Kier alpha value is -0.500. The zero-order valence-corrected chi connectivity index (χ0v) is 7.86. The predicted molar refractivity (Wildman–Crippen MR) is 50.2 cm³/mol. The van der Waals surface area contributed by atoms with Gasteiger partial charge in [-0.25, -0.2) is 4.98 Å². The van der Waals surface area contributed by atoms with Gasteiger partial charge in [0.1, 0.15) is 0 Å². The average molecular weight is 167 g/mol. The second-order valence-corrected chi connectivity index (χ2v) is 2.94. The van der Waals surface area contributed by atoms with Crippen molar-refractivity contribution in [1.29, 1.82) is 0 Å². The van der Waals surface area contributed by atoms with E-state index in [4.69, 9.17) is 0 Å². The zero-order valence-electron chi connectivity index (χ0n) is 6.96. The first-order valence-corrected chi connectivity index (χ1v) is 4.40. The molecule has 60 valence electrons. The van der Waals surface area contributed by atoms with Gasteiger partial charge in [-0.2, -0.15) is 0 Å². The lowest BCUT2D eigenvalue weighted by molar-refractivity contribution is 0.920. The van der Waals surface area contributed by atoms with E-state index in [2.05, 4.69) is 37.5 Å². The summed E-state index contributed by atoms with van der Waals surface area (Å²) in [5.74, 6) is 0. The van der Waals surface area contributed by atoms with Gasteiger partial charge in [-0.05, 0) is 24.5 Å². The van der Waals surface area contributed by atoms with Crippen molar-refractivity contribution >= 4 is 12.6 Å². The second-order valence-electron chi connectivity index (χ2n) is 2.48. The van der Waals surface area contributed by atoms with Gasteiger partial charge in [-0.3, -0.25) is 0 Å². The number of pyridine rings is 1. The number of nitrogens with zero attached hydrogens (tertiary/aromatic N) is 1. The van der Waals surface area contributed by atoms with Crippen LogP contribution in [-0.4, -0.2) is 4.98 Å². The zero-order chi connectivity index (χ0) is 8.27. The van der Waals surface area contributed by atoms with Crippen LogP contribution in [-0.2, 0) is 12.8 Å². The van der Waals surface area contributed by atoms with E-state index in [1.165, 1.54) is 11.3 Å². The van der Waals surface area contributed by atoms with Crippen molar-refractivity contribution in [2.75, 3.05) is 0 Å². The molecule has 0 saturated carbocycles. The quantitative estimate of drug-likeness (QED) is 0.668. The summed E-state index contributed by atoms with van der Waals surface area (Å²) in [6.07, 6.45) is 2.06. The van der Waals surface area contributed by atoms with Gasteiger partial charge in [0.15, 0.2) is 0 Å². The van der Waals surface area contributed by atoms with E-state index < -0.39 is 0 Å². The highest BCUT2D eigenvalue weighted by atomic mass is 32.1. The monoisotopic (exact) mass is 167 g/mol. The van der Waals surface area contributed by atoms with Crippen molar-refractivity contribution in [3.8, 4) is 0 Å². The fourth-order valence-corrected chi connectivity index (χ4v) is 1.34. The molecule has 0 aliphatic rings. The Morgan fingerprint density at radius 3 is 2.55 bits per heavy atom. The molecular formula is C9H13NS. The van der Waals surface area contributed by atoms with E-state index in [9.17, 15) is 0 Å². The summed E-state index contributed by atoms with van der Waals surface area (Å²) in [7, 11) is 0. The molecule has 0 aromatic carbocycles. The summed E-state index contributed by atoms with van der Waals surface area (Å²) in [5, 5.41) is 0.819. The van der Waals surface area contributed by atoms with Crippen LogP contribution in [0.3, 0.4) is 0 Å². The van der Waals surface area contributed by atoms with E-state index in [0.717, 1.165) is 17.9 Å². The molecule has 0 unspecified atom stereocenters. The first-order chi connectivity index (χ1) is 5.27. The SMILES string of the molecule is CCc1ccc(S)nc1CC. The van der Waals surface area contributed by atoms with Crippen molar-refractivity contribution in [3.05, 3.63) is 23.4 Å². The summed E-state index contributed by atoms with van der Waals surface area (Å²) in [5.41, 5.74) is 2.52. The third-order valence-electron chi connectivity index (χ3n) is 1.77. The molecule has 1 aromatic rings. The highest BCUT2D eigenvalue weighted by molar-refractivity contribution is 7.80. The van der Waals surface area contributed by atoms with Crippen molar-refractivity contribution in [2.24, 2.45) is 0 Å². The van der Waals surface area contributed by atoms with E-state index >= 15 is 0 Å². The first-order valence-electron chi connectivity index (χ1n) is 3.95. The molecule has 0 aliphatic carbocycles. The number of hydrogen-bond donors (Lipinski definition) is 1. The number of hydrogen-bond acceptors (Lipinski definition) is 2. The smallest absolute Gasteiger partial charge is 0.0932 e. The summed E-state index contributed by atoms with van der Waals surface area (Å²) >= 11 is 4.18. The second kappa shape index (κ2) is 3.77. The number of thiol groups is 1. The van der Waals surface area contributed by atoms with Crippen molar-refractivity contribution < 1.29 is 0 Å². The average Bonchev–Trinajstić information content (AvgIpc) is 2.04. The lowest BCUT2D eigenvalue weighted by Gasteiger charge is -2.03. The van der Waals surface area contributed by atoms with E-state index in [-0.39, 0.29) is 0 Å². The van der Waals surface area contributed by atoms with Crippen LogP contribution < -0.4 is 0 Å². The van der Waals surface area contributed by atoms with Gasteiger partial charge >= 0.3 is 0 Å². The molecule has 0 atom stereocenters. The summed E-state index contributed by atoms with van der Waals surface area (Å²) < 4.78 is 0. The minimum absolute atomic E-state index is 0.819. The molecule has 2 heteroatoms. The van der Waals surface area contributed by atoms with Crippen LogP contribution in [0.1, 0.15) is 25.1 Å². The van der Waals surface area contributed by atoms with Gasteiger partial charge in [0.05, 0.1) is 5.03 Å². The van der Waals surface area contributed by atoms with Crippen LogP contribution in [0.4, 0.5) is 0 Å².